The number of anilines is 2. The summed E-state index contributed by atoms with van der Waals surface area (Å²) in [5.41, 5.74) is 6.80. The fourth-order valence-electron chi connectivity index (χ4n) is 5.14. The van der Waals surface area contributed by atoms with E-state index in [0.29, 0.717) is 5.11 Å². The topological polar surface area (TPSA) is 40.6 Å². The molecule has 0 unspecified atom stereocenters. The number of benzene rings is 2. The summed E-state index contributed by atoms with van der Waals surface area (Å²) >= 11 is 5.89. The van der Waals surface area contributed by atoms with Crippen LogP contribution in [0.5, 0.6) is 5.75 Å². The van der Waals surface area contributed by atoms with Crippen molar-refractivity contribution in [3.8, 4) is 5.75 Å². The maximum Gasteiger partial charge on any atom is 0.174 e. The molecule has 34 heavy (non-hydrogen) atoms. The molecule has 1 N–H and O–H groups in total. The molecule has 5 nitrogen and oxygen atoms in total. The molecule has 1 fully saturated rings. The minimum absolute atomic E-state index is 0.0327. The van der Waals surface area contributed by atoms with E-state index in [1.807, 2.05) is 36.5 Å². The Morgan fingerprint density at radius 1 is 1.03 bits per heavy atom. The Balaban J connectivity index is 1.68. The van der Waals surface area contributed by atoms with Crippen molar-refractivity contribution < 1.29 is 4.74 Å². The summed E-state index contributed by atoms with van der Waals surface area (Å²) < 4.78 is 5.72. The number of ether oxygens (including phenoxy) is 1. The normalized spacial score (nSPS) is 21.1. The molecule has 2 aliphatic rings. The zero-order chi connectivity index (χ0) is 24.0. The number of likely N-dealkylation sites (N-methyl/N-ethyl adjacent to an activating group) is 1. The van der Waals surface area contributed by atoms with Crippen molar-refractivity contribution in [2.24, 2.45) is 0 Å². The average Bonchev–Trinajstić information content (AvgIpc) is 3.19. The number of pyridine rings is 1. The van der Waals surface area contributed by atoms with Gasteiger partial charge in [-0.2, -0.15) is 0 Å². The van der Waals surface area contributed by atoms with Gasteiger partial charge < -0.3 is 19.9 Å². The van der Waals surface area contributed by atoms with Crippen LogP contribution in [0.4, 0.5) is 11.4 Å². The van der Waals surface area contributed by atoms with Crippen molar-refractivity contribution in [1.29, 1.82) is 0 Å². The van der Waals surface area contributed by atoms with E-state index in [1.54, 1.807) is 7.11 Å². The van der Waals surface area contributed by atoms with Gasteiger partial charge >= 0.3 is 0 Å². The molecule has 0 spiro atoms. The number of aromatic nitrogens is 1. The lowest BCUT2D eigenvalue weighted by atomic mass is 9.86. The minimum Gasteiger partial charge on any atom is -0.495 e. The summed E-state index contributed by atoms with van der Waals surface area (Å²) in [6.07, 6.45) is 4.17. The number of hydrogen-bond donors (Lipinski definition) is 1. The highest BCUT2D eigenvalue weighted by Crippen LogP contribution is 2.46. The van der Waals surface area contributed by atoms with E-state index in [-0.39, 0.29) is 17.6 Å². The molecule has 0 saturated carbocycles. The van der Waals surface area contributed by atoms with Crippen LogP contribution in [-0.2, 0) is 0 Å². The number of rotatable bonds is 4. The lowest BCUT2D eigenvalue weighted by Crippen LogP contribution is -2.42. The van der Waals surface area contributed by atoms with Crippen molar-refractivity contribution in [2.75, 3.05) is 24.0 Å². The lowest BCUT2D eigenvalue weighted by molar-refractivity contribution is 0.414. The van der Waals surface area contributed by atoms with Crippen molar-refractivity contribution in [3.63, 3.8) is 0 Å². The summed E-state index contributed by atoms with van der Waals surface area (Å²) in [7, 11) is 3.85. The highest BCUT2D eigenvalue weighted by atomic mass is 32.1. The summed E-state index contributed by atoms with van der Waals surface area (Å²) in [5.74, 6) is 0.786. The molecular formula is C28H30N4OS. The van der Waals surface area contributed by atoms with Gasteiger partial charge in [-0.25, -0.2) is 0 Å². The molecule has 2 aromatic carbocycles. The molecule has 2 atom stereocenters. The number of methoxy groups -OCH3 is 1. The zero-order valence-electron chi connectivity index (χ0n) is 20.2. The molecular weight excluding hydrogens is 440 g/mol. The second kappa shape index (κ2) is 8.44. The molecule has 1 saturated heterocycles. The van der Waals surface area contributed by atoms with Crippen LogP contribution >= 0.6 is 12.2 Å². The number of allylic oxidation sites excluding steroid dienone is 1. The first kappa shape index (κ1) is 22.4. The van der Waals surface area contributed by atoms with Crippen LogP contribution in [0.2, 0.25) is 0 Å². The molecule has 0 radical (unpaired) electrons. The van der Waals surface area contributed by atoms with E-state index >= 15 is 0 Å². The Kier molecular flexibility index (Phi) is 5.56. The summed E-state index contributed by atoms with van der Waals surface area (Å²) in [4.78, 5) is 9.19. The summed E-state index contributed by atoms with van der Waals surface area (Å²) in [6.45, 7) is 6.68. The molecule has 5 rings (SSSR count). The summed E-state index contributed by atoms with van der Waals surface area (Å²) in [6, 6.07) is 20.6. The smallest absolute Gasteiger partial charge is 0.174 e. The second-order valence-electron chi connectivity index (χ2n) is 9.49. The third-order valence-electron chi connectivity index (χ3n) is 7.03. The SMILES string of the molecule is COc1ccccc1N1C(=S)N[C@@H](c2ccccn2)[C@H]1c1ccc2c(c1)C(C)=CC(C)(C)N2C. The molecule has 0 bridgehead atoms. The van der Waals surface area contributed by atoms with Gasteiger partial charge in [0.1, 0.15) is 5.75 Å². The van der Waals surface area contributed by atoms with E-state index in [0.717, 1.165) is 17.1 Å². The third kappa shape index (κ3) is 3.62. The van der Waals surface area contributed by atoms with Crippen LogP contribution in [0, 0.1) is 0 Å². The first-order valence-corrected chi connectivity index (χ1v) is 11.9. The number of nitrogens with one attached hydrogen (secondary N) is 1. The maximum absolute atomic E-state index is 5.89. The van der Waals surface area contributed by atoms with E-state index in [9.17, 15) is 0 Å². The van der Waals surface area contributed by atoms with Gasteiger partial charge in [-0.1, -0.05) is 30.3 Å². The molecule has 0 amide bonds. The third-order valence-corrected chi connectivity index (χ3v) is 7.34. The van der Waals surface area contributed by atoms with Crippen molar-refractivity contribution >= 4 is 34.3 Å². The Hall–Kier alpha value is -3.38. The van der Waals surface area contributed by atoms with Crippen LogP contribution in [0.3, 0.4) is 0 Å². The van der Waals surface area contributed by atoms with Crippen LogP contribution < -0.4 is 19.9 Å². The highest BCUT2D eigenvalue weighted by Gasteiger charge is 2.42. The predicted octanol–water partition coefficient (Wildman–Crippen LogP) is 5.90. The average molecular weight is 471 g/mol. The number of thiocarbonyl (C=S) groups is 1. The van der Waals surface area contributed by atoms with Gasteiger partial charge in [0.05, 0.1) is 36.1 Å². The van der Waals surface area contributed by atoms with Crippen molar-refractivity contribution in [1.82, 2.24) is 10.3 Å². The van der Waals surface area contributed by atoms with E-state index < -0.39 is 0 Å². The Morgan fingerprint density at radius 3 is 2.53 bits per heavy atom. The van der Waals surface area contributed by atoms with Crippen LogP contribution in [0.25, 0.3) is 5.57 Å². The molecule has 2 aliphatic heterocycles. The van der Waals surface area contributed by atoms with Crippen LogP contribution in [0.1, 0.15) is 49.7 Å². The first-order valence-electron chi connectivity index (χ1n) is 11.5. The zero-order valence-corrected chi connectivity index (χ0v) is 21.1. The quantitative estimate of drug-likeness (QED) is 0.479. The molecule has 3 aromatic rings. The number of hydrogen-bond acceptors (Lipinski definition) is 4. The van der Waals surface area contributed by atoms with Gasteiger partial charge in [0.15, 0.2) is 5.11 Å². The van der Waals surface area contributed by atoms with Gasteiger partial charge in [0.25, 0.3) is 0 Å². The fraction of sp³-hybridized carbons (Fsp3) is 0.286. The van der Waals surface area contributed by atoms with Gasteiger partial charge in [-0.3, -0.25) is 4.98 Å². The second-order valence-corrected chi connectivity index (χ2v) is 9.87. The predicted molar refractivity (Wildman–Crippen MR) is 144 cm³/mol. The monoisotopic (exact) mass is 470 g/mol. The largest absolute Gasteiger partial charge is 0.495 e. The van der Waals surface area contributed by atoms with Crippen LogP contribution in [0.15, 0.2) is 72.9 Å². The van der Waals surface area contributed by atoms with Gasteiger partial charge in [0.2, 0.25) is 0 Å². The van der Waals surface area contributed by atoms with Crippen molar-refractivity contribution in [2.45, 2.75) is 38.4 Å². The van der Waals surface area contributed by atoms with E-state index in [1.165, 1.54) is 22.4 Å². The van der Waals surface area contributed by atoms with E-state index in [2.05, 4.69) is 84.3 Å². The molecule has 3 heterocycles. The fourth-order valence-corrected chi connectivity index (χ4v) is 5.48. The molecule has 0 aliphatic carbocycles. The Labute approximate surface area is 207 Å². The summed E-state index contributed by atoms with van der Waals surface area (Å²) in [5, 5.41) is 4.21. The Bertz CT molecular complexity index is 1270. The van der Waals surface area contributed by atoms with Crippen molar-refractivity contribution in [3.05, 3.63) is 89.8 Å². The van der Waals surface area contributed by atoms with Gasteiger partial charge in [0, 0.05) is 24.5 Å². The minimum atomic E-state index is -0.0984. The molecule has 1 aromatic heterocycles. The standard InChI is InChI=1S/C28H30N4OS/c1-18-17-28(2,3)31(4)22-14-13-19(16-20(18)22)26-25(21-10-8-9-15-29-21)30-27(34)32(26)23-11-6-7-12-24(23)33-5/h6-17,25-26H,1-5H3,(H,30,34)/t25-,26+/m0/s1. The lowest BCUT2D eigenvalue weighted by Gasteiger charge is -2.41. The Morgan fingerprint density at radius 2 is 1.79 bits per heavy atom. The van der Waals surface area contributed by atoms with Crippen LogP contribution in [-0.4, -0.2) is 29.8 Å². The molecule has 6 heteroatoms. The number of nitrogens with zero attached hydrogens (tertiary/aromatic N) is 3. The highest BCUT2D eigenvalue weighted by molar-refractivity contribution is 7.80. The first-order chi connectivity index (χ1) is 16.3. The molecule has 174 valence electrons. The number of para-hydroxylation sites is 2. The van der Waals surface area contributed by atoms with Gasteiger partial charge in [-0.05, 0) is 80.5 Å². The number of fused-ring (bicyclic) bond motifs is 1. The van der Waals surface area contributed by atoms with E-state index in [4.69, 9.17) is 17.0 Å². The van der Waals surface area contributed by atoms with Gasteiger partial charge in [-0.15, -0.1) is 0 Å². The maximum atomic E-state index is 5.89.